The average molecular weight is 1910 g/mol. The molecule has 5 aliphatic rings. The van der Waals surface area contributed by atoms with Crippen molar-refractivity contribution in [3.8, 4) is 0 Å². The van der Waals surface area contributed by atoms with Gasteiger partial charge >= 0.3 is 0 Å². The van der Waals surface area contributed by atoms with E-state index in [-0.39, 0.29) is 139 Å². The average Bonchev–Trinajstić information content (AvgIpc) is 0.796. The number of nitro groups is 5. The second-order valence-electron chi connectivity index (χ2n) is 43.8. The van der Waals surface area contributed by atoms with E-state index < -0.39 is 36.0 Å². The van der Waals surface area contributed by atoms with E-state index in [1.54, 1.807) is 67.9 Å². The number of allylic oxidation sites excluding steroid dienone is 25. The van der Waals surface area contributed by atoms with Crippen molar-refractivity contribution in [2.45, 2.75) is 244 Å². The molecule has 0 N–H and O–H groups in total. The predicted molar refractivity (Wildman–Crippen MR) is 559 cm³/mol. The first-order chi connectivity index (χ1) is 62.8. The summed E-state index contributed by atoms with van der Waals surface area (Å²) in [7, 11) is 0. The molecule has 0 aliphatic heterocycles. The summed E-state index contributed by atoms with van der Waals surface area (Å²) >= 11 is 0. The fourth-order valence-corrected chi connectivity index (χ4v) is 13.7. The van der Waals surface area contributed by atoms with Crippen LogP contribution in [-0.2, 0) is 24.0 Å². The highest BCUT2D eigenvalue weighted by atomic mass is 16.6. The Morgan fingerprint density at radius 1 is 0.229 bits per heavy atom. The highest BCUT2D eigenvalue weighted by Gasteiger charge is 2.40. The standard InChI is InChI=1S/C22H27N3O3.C22H28N2O.C21H24N4O5.2C21H25N3O3.3CH4/c1-14-8-9-18(19(10-14)25(27)28)24-23-13-15-11-16(21(2,3)4)20(26)17(12-15)22(5,6)7;1-15-8-10-17(11-9-15)24-23-14-16-12-18(21(2,3)4)20(25)19(13-16)22(5,6)7;1-20(2,3)17-7-13(8-18(19(17)26)21(4,5)6)12-22-23-14-9-15(24(27)28)11-16(10-14)25(29)30;1-20(2,3)17-10-14(11-18(19(17)25)21(4,5)6)13-22-23-15-8-7-9-16(12-15)24(26)27;1-20(2,3)15-11-14(12-16(19(15)25)21(4,5)6)13-22-23-17-9-7-8-10-18(17)24(26)27;;;/h8-13H,1-7H3;8-14H,1-7H3;7-12H,1-6H3;2*7-13H,1-6H3;3*1H4. The smallest absolute Gasteiger partial charge is 0.289 e. The molecule has 0 saturated carbocycles. The van der Waals surface area contributed by atoms with Crippen molar-refractivity contribution < 1.29 is 48.6 Å². The summed E-state index contributed by atoms with van der Waals surface area (Å²) in [5.74, 6) is 0.264. The molecular weight excluding hydrogens is 1770 g/mol. The zero-order valence-corrected chi connectivity index (χ0v) is 84.9. The third kappa shape index (κ3) is 34.6. The van der Waals surface area contributed by atoms with Crippen molar-refractivity contribution >= 4 is 85.8 Å². The van der Waals surface area contributed by atoms with Crippen LogP contribution >= 0.6 is 0 Å². The largest absolute Gasteiger partial charge is 0.296 e. The lowest BCUT2D eigenvalue weighted by atomic mass is 9.72. The maximum absolute atomic E-state index is 12.9. The quantitative estimate of drug-likeness (QED) is 0.0534. The molecule has 5 aromatic rings. The number of hydrogen-bond donors (Lipinski definition) is 0. The fraction of sp³-hybridized carbons (Fsp3) is 0.409. The van der Waals surface area contributed by atoms with E-state index in [0.29, 0.717) is 44.7 Å². The van der Waals surface area contributed by atoms with E-state index in [4.69, 9.17) is 0 Å². The zero-order chi connectivity index (χ0) is 104. The summed E-state index contributed by atoms with van der Waals surface area (Å²) < 4.78 is 0. The van der Waals surface area contributed by atoms with Gasteiger partial charge in [0.05, 0.1) is 78.7 Å². The molecule has 5 aromatic carbocycles. The van der Waals surface area contributed by atoms with Crippen molar-refractivity contribution in [1.29, 1.82) is 0 Å². The van der Waals surface area contributed by atoms with Crippen LogP contribution in [0.5, 0.6) is 0 Å². The van der Waals surface area contributed by atoms with Gasteiger partial charge in [-0.2, -0.15) is 40.9 Å². The van der Waals surface area contributed by atoms with Crippen LogP contribution in [-0.4, -0.2) is 53.5 Å². The number of ketones is 5. The molecule has 0 unspecified atom stereocenters. The molecule has 0 amide bonds. The highest BCUT2D eigenvalue weighted by Crippen LogP contribution is 2.46. The van der Waals surface area contributed by atoms with E-state index in [1.165, 1.54) is 54.5 Å². The number of aryl methyl sites for hydroxylation is 2. The van der Waals surface area contributed by atoms with E-state index in [9.17, 15) is 74.5 Å². The molecule has 0 fully saturated rings. The first-order valence-electron chi connectivity index (χ1n) is 44.5. The lowest BCUT2D eigenvalue weighted by Gasteiger charge is -2.31. The number of para-hydroxylation sites is 1. The molecule has 0 bridgehead atoms. The first-order valence-corrected chi connectivity index (χ1v) is 44.5. The highest BCUT2D eigenvalue weighted by molar-refractivity contribution is 6.14. The van der Waals surface area contributed by atoms with Crippen LogP contribution in [0.4, 0.5) is 56.9 Å². The van der Waals surface area contributed by atoms with Crippen LogP contribution < -0.4 is 0 Å². The van der Waals surface area contributed by atoms with Crippen LogP contribution in [0.25, 0.3) is 0 Å². The van der Waals surface area contributed by atoms with Crippen LogP contribution in [0.3, 0.4) is 0 Å². The summed E-state index contributed by atoms with van der Waals surface area (Å²) in [6.45, 7) is 63.9. The SMILES string of the molecule is C.C.C.CC(C)(C)C1=CC(=CN=Nc2cc([N+](=O)[O-])cc([N+](=O)[O-])c2)C=C(C(C)(C)C)C1=O.CC(C)(C)C1=CC(=CN=Nc2cccc([N+](=O)[O-])c2)C=C(C(C)(C)C)C1=O.CC(C)(C)C1=CC(=CN=Nc2ccccc2[N+](=O)[O-])C=C(C(C)(C)C)C1=O.Cc1ccc(N=NC=C2C=C(C(C)(C)C)C(=O)C(C(C)(C)C)=C2)c([N+](=O)[O-])c1.Cc1ccc(N=NC=C2C=C(C(C)(C)C)C(=O)C(C(C)(C)C)=C2)cc1. The van der Waals surface area contributed by atoms with Crippen LogP contribution in [0, 0.1) is 119 Å². The molecule has 5 aliphatic carbocycles. The van der Waals surface area contributed by atoms with Crippen molar-refractivity contribution in [1.82, 2.24) is 0 Å². The number of carbonyl (C=O) groups excluding carboxylic acids is 5. The number of nitrogens with zero attached hydrogens (tertiary/aromatic N) is 15. The Hall–Kier alpha value is -14.5. The predicted octanol–water partition coefficient (Wildman–Crippen LogP) is 33.0. The second kappa shape index (κ2) is 47.7. The number of carbonyl (C=O) groups is 5. The summed E-state index contributed by atoms with van der Waals surface area (Å²) in [5.41, 5.74) is 10.5. The molecule has 10 rings (SSSR count). The van der Waals surface area contributed by atoms with Gasteiger partial charge in [0.15, 0.2) is 40.3 Å². The Morgan fingerprint density at radius 3 is 0.729 bits per heavy atom. The molecule has 746 valence electrons. The van der Waals surface area contributed by atoms with E-state index >= 15 is 0 Å². The molecular formula is C110H141N15O15. The van der Waals surface area contributed by atoms with Gasteiger partial charge in [0.25, 0.3) is 28.4 Å². The van der Waals surface area contributed by atoms with E-state index in [0.717, 1.165) is 74.0 Å². The maximum Gasteiger partial charge on any atom is 0.296 e. The minimum Gasteiger partial charge on any atom is -0.289 e. The van der Waals surface area contributed by atoms with Crippen molar-refractivity contribution in [2.24, 2.45) is 105 Å². The minimum absolute atomic E-state index is 0. The van der Waals surface area contributed by atoms with Gasteiger partial charge in [-0.05, 0) is 193 Å². The number of Topliss-reactive ketones (excluding diaryl/α,β-unsaturated/α-hetero) is 5. The van der Waals surface area contributed by atoms with Gasteiger partial charge in [0.1, 0.15) is 0 Å². The summed E-state index contributed by atoms with van der Waals surface area (Å²) in [6.07, 6.45) is 26.1. The number of non-ortho nitro benzene ring substituents is 3. The monoisotopic (exact) mass is 1910 g/mol. The molecule has 0 spiro atoms. The Kier molecular flexibility index (Phi) is 40.8. The normalized spacial score (nSPS) is 15.3. The Morgan fingerprint density at radius 2 is 0.464 bits per heavy atom. The Bertz CT molecular complexity index is 6080. The summed E-state index contributed by atoms with van der Waals surface area (Å²) in [4.78, 5) is 117. The first kappa shape index (κ1) is 120. The number of hydrogen-bond acceptors (Lipinski definition) is 25. The van der Waals surface area contributed by atoms with Crippen molar-refractivity contribution in [3.63, 3.8) is 0 Å². The molecule has 0 heterocycles. The van der Waals surface area contributed by atoms with Gasteiger partial charge in [-0.15, -0.1) is 10.2 Å². The van der Waals surface area contributed by atoms with Gasteiger partial charge in [0.2, 0.25) is 0 Å². The second-order valence-corrected chi connectivity index (χ2v) is 43.8. The van der Waals surface area contributed by atoms with Crippen molar-refractivity contribution in [3.05, 3.63) is 346 Å². The third-order valence-corrected chi connectivity index (χ3v) is 21.3. The third-order valence-electron chi connectivity index (χ3n) is 21.3. The van der Waals surface area contributed by atoms with E-state index in [1.807, 2.05) is 246 Å². The van der Waals surface area contributed by atoms with Gasteiger partial charge in [-0.1, -0.05) is 272 Å². The summed E-state index contributed by atoms with van der Waals surface area (Å²) in [5, 5.41) is 95.5. The molecule has 30 nitrogen and oxygen atoms in total. The van der Waals surface area contributed by atoms with Crippen molar-refractivity contribution in [2.75, 3.05) is 0 Å². The number of benzene rings is 5. The molecule has 0 radical (unpaired) electrons. The van der Waals surface area contributed by atoms with Crippen LogP contribution in [0.1, 0.15) is 241 Å². The van der Waals surface area contributed by atoms with Gasteiger partial charge < -0.3 is 0 Å². The molecule has 0 saturated heterocycles. The lowest BCUT2D eigenvalue weighted by Crippen LogP contribution is -2.27. The fourth-order valence-electron chi connectivity index (χ4n) is 13.7. The molecule has 0 aromatic heterocycles. The zero-order valence-electron chi connectivity index (χ0n) is 84.9. The molecule has 140 heavy (non-hydrogen) atoms. The minimum atomic E-state index is -0.728. The van der Waals surface area contributed by atoms with Crippen LogP contribution in [0.15, 0.2) is 336 Å². The van der Waals surface area contributed by atoms with Crippen LogP contribution in [0.2, 0.25) is 0 Å². The summed E-state index contributed by atoms with van der Waals surface area (Å²) in [6, 6.07) is 27.9. The van der Waals surface area contributed by atoms with Gasteiger partial charge in [-0.25, -0.2) is 0 Å². The van der Waals surface area contributed by atoms with Gasteiger partial charge in [-0.3, -0.25) is 74.5 Å². The number of nitro benzene ring substituents is 5. The number of azo groups is 5. The topological polar surface area (TPSA) is 425 Å². The van der Waals surface area contributed by atoms with E-state index in [2.05, 4.69) is 92.7 Å². The lowest BCUT2D eigenvalue weighted by molar-refractivity contribution is -0.394. The Balaban J connectivity index is 0.000000448. The van der Waals surface area contributed by atoms with Gasteiger partial charge in [0, 0.05) is 92.1 Å². The number of rotatable bonds is 15. The molecule has 0 atom stereocenters. The Labute approximate surface area is 825 Å². The maximum atomic E-state index is 12.9. The molecule has 30 heteroatoms.